The van der Waals surface area contributed by atoms with Crippen LogP contribution >= 0.6 is 0 Å². The van der Waals surface area contributed by atoms with Gasteiger partial charge in [-0.1, -0.05) is 0 Å². The van der Waals surface area contributed by atoms with Crippen molar-refractivity contribution in [2.24, 2.45) is 0 Å². The number of pyridine rings is 1. The van der Waals surface area contributed by atoms with E-state index in [1.54, 1.807) is 19.5 Å². The second kappa shape index (κ2) is 6.34. The van der Waals surface area contributed by atoms with Crippen molar-refractivity contribution in [2.75, 3.05) is 25.6 Å². The number of anilines is 1. The van der Waals surface area contributed by atoms with Crippen molar-refractivity contribution in [2.45, 2.75) is 12.5 Å². The average Bonchev–Trinajstić information content (AvgIpc) is 2.20. The number of rotatable bonds is 6. The van der Waals surface area contributed by atoms with Gasteiger partial charge in [0.15, 0.2) is 0 Å². The molecule has 0 aromatic carbocycles. The second-order valence-corrected chi connectivity index (χ2v) is 3.06. The quantitative estimate of drug-likeness (QED) is 0.709. The molecule has 78 valence electrons. The summed E-state index contributed by atoms with van der Waals surface area (Å²) < 4.78 is 4.82. The first-order chi connectivity index (χ1) is 6.83. The third kappa shape index (κ3) is 4.20. The van der Waals surface area contributed by atoms with Crippen LogP contribution in [0.5, 0.6) is 0 Å². The Morgan fingerprint density at radius 2 is 2.21 bits per heavy atom. The highest BCUT2D eigenvalue weighted by Crippen LogP contribution is 2.03. The molecule has 0 saturated carbocycles. The number of hydrogen-bond donors (Lipinski definition) is 2. The van der Waals surface area contributed by atoms with Crippen LogP contribution in [0.3, 0.4) is 0 Å². The van der Waals surface area contributed by atoms with Crippen LogP contribution in [0.15, 0.2) is 24.5 Å². The maximum atomic E-state index is 9.35. The van der Waals surface area contributed by atoms with Crippen LogP contribution in [0.2, 0.25) is 0 Å². The van der Waals surface area contributed by atoms with E-state index in [1.165, 1.54) is 0 Å². The Labute approximate surface area is 83.9 Å². The summed E-state index contributed by atoms with van der Waals surface area (Å²) in [5.74, 6) is 0. The summed E-state index contributed by atoms with van der Waals surface area (Å²) in [7, 11) is 1.58. The van der Waals surface area contributed by atoms with Crippen LogP contribution < -0.4 is 5.32 Å². The van der Waals surface area contributed by atoms with Crippen LogP contribution in [0.25, 0.3) is 0 Å². The van der Waals surface area contributed by atoms with Gasteiger partial charge in [-0.05, 0) is 18.6 Å². The lowest BCUT2D eigenvalue weighted by Gasteiger charge is -2.10. The van der Waals surface area contributed by atoms with Gasteiger partial charge in [0.25, 0.3) is 0 Å². The van der Waals surface area contributed by atoms with Gasteiger partial charge in [0.1, 0.15) is 0 Å². The maximum Gasteiger partial charge on any atom is 0.0790 e. The molecule has 4 nitrogen and oxygen atoms in total. The highest BCUT2D eigenvalue weighted by molar-refractivity contribution is 5.40. The summed E-state index contributed by atoms with van der Waals surface area (Å²) in [4.78, 5) is 3.91. The van der Waals surface area contributed by atoms with E-state index < -0.39 is 6.10 Å². The molecule has 0 fully saturated rings. The molecule has 0 radical (unpaired) electrons. The third-order valence-electron chi connectivity index (χ3n) is 1.85. The first kappa shape index (κ1) is 10.9. The molecule has 0 aliphatic rings. The largest absolute Gasteiger partial charge is 0.391 e. The molecule has 0 aliphatic heterocycles. The molecule has 1 rings (SSSR count). The lowest BCUT2D eigenvalue weighted by molar-refractivity contribution is 0.0615. The normalized spacial score (nSPS) is 12.4. The van der Waals surface area contributed by atoms with E-state index in [9.17, 15) is 5.11 Å². The molecule has 4 heteroatoms. The fraction of sp³-hybridized carbons (Fsp3) is 0.500. The standard InChI is InChI=1S/C10H16N2O2/c1-14-8-10(13)4-7-12-9-2-5-11-6-3-9/h2-3,5-6,10,13H,4,7-8H2,1H3,(H,11,12). The Hall–Kier alpha value is -1.13. The van der Waals surface area contributed by atoms with Gasteiger partial charge in [0.05, 0.1) is 12.7 Å². The summed E-state index contributed by atoms with van der Waals surface area (Å²) in [5, 5.41) is 12.5. The minimum absolute atomic E-state index is 0.387. The molecule has 0 aliphatic carbocycles. The smallest absolute Gasteiger partial charge is 0.0790 e. The molecule has 1 atom stereocenters. The van der Waals surface area contributed by atoms with Crippen LogP contribution in [0.4, 0.5) is 5.69 Å². The van der Waals surface area contributed by atoms with Crippen molar-refractivity contribution in [3.05, 3.63) is 24.5 Å². The van der Waals surface area contributed by atoms with Crippen LogP contribution in [0.1, 0.15) is 6.42 Å². The molecule has 0 saturated heterocycles. The van der Waals surface area contributed by atoms with Crippen LogP contribution in [-0.2, 0) is 4.74 Å². The Morgan fingerprint density at radius 1 is 1.50 bits per heavy atom. The summed E-state index contributed by atoms with van der Waals surface area (Å²) >= 11 is 0. The van der Waals surface area contributed by atoms with Gasteiger partial charge >= 0.3 is 0 Å². The minimum atomic E-state index is -0.394. The van der Waals surface area contributed by atoms with E-state index in [-0.39, 0.29) is 0 Å². The van der Waals surface area contributed by atoms with Crippen molar-refractivity contribution >= 4 is 5.69 Å². The van der Waals surface area contributed by atoms with Gasteiger partial charge in [-0.25, -0.2) is 0 Å². The first-order valence-corrected chi connectivity index (χ1v) is 4.64. The van der Waals surface area contributed by atoms with Crippen molar-refractivity contribution < 1.29 is 9.84 Å². The molecule has 14 heavy (non-hydrogen) atoms. The number of hydrogen-bond acceptors (Lipinski definition) is 4. The second-order valence-electron chi connectivity index (χ2n) is 3.06. The third-order valence-corrected chi connectivity index (χ3v) is 1.85. The summed E-state index contributed by atoms with van der Waals surface area (Å²) in [6.45, 7) is 1.12. The lowest BCUT2D eigenvalue weighted by Crippen LogP contribution is -2.18. The summed E-state index contributed by atoms with van der Waals surface area (Å²) in [6.07, 6.45) is 3.74. The summed E-state index contributed by atoms with van der Waals surface area (Å²) in [6, 6.07) is 3.78. The lowest BCUT2D eigenvalue weighted by atomic mass is 10.2. The van der Waals surface area contributed by atoms with Gasteiger partial charge < -0.3 is 15.2 Å². The Kier molecular flexibility index (Phi) is 4.96. The van der Waals surface area contributed by atoms with E-state index in [2.05, 4.69) is 10.3 Å². The number of methoxy groups -OCH3 is 1. The zero-order chi connectivity index (χ0) is 10.2. The number of aliphatic hydroxyl groups excluding tert-OH is 1. The highest BCUT2D eigenvalue weighted by atomic mass is 16.5. The molecular weight excluding hydrogens is 180 g/mol. The van der Waals surface area contributed by atoms with Gasteiger partial charge in [0.2, 0.25) is 0 Å². The molecule has 0 bridgehead atoms. The predicted molar refractivity (Wildman–Crippen MR) is 55.2 cm³/mol. The molecule has 0 spiro atoms. The zero-order valence-corrected chi connectivity index (χ0v) is 8.31. The Bertz CT molecular complexity index is 241. The van der Waals surface area contributed by atoms with Crippen LogP contribution in [-0.4, -0.2) is 36.5 Å². The van der Waals surface area contributed by atoms with Crippen molar-refractivity contribution in [3.63, 3.8) is 0 Å². The highest BCUT2D eigenvalue weighted by Gasteiger charge is 2.01. The van der Waals surface area contributed by atoms with Gasteiger partial charge in [-0.15, -0.1) is 0 Å². The number of nitrogens with zero attached hydrogens (tertiary/aromatic N) is 1. The van der Waals surface area contributed by atoms with Crippen molar-refractivity contribution in [3.8, 4) is 0 Å². The molecule has 1 unspecified atom stereocenters. The fourth-order valence-corrected chi connectivity index (χ4v) is 1.13. The van der Waals surface area contributed by atoms with Crippen LogP contribution in [0, 0.1) is 0 Å². The van der Waals surface area contributed by atoms with E-state index in [4.69, 9.17) is 4.74 Å². The Morgan fingerprint density at radius 3 is 2.86 bits per heavy atom. The van der Waals surface area contributed by atoms with Crippen molar-refractivity contribution in [1.29, 1.82) is 0 Å². The monoisotopic (exact) mass is 196 g/mol. The minimum Gasteiger partial charge on any atom is -0.391 e. The number of aromatic nitrogens is 1. The Balaban J connectivity index is 2.16. The summed E-state index contributed by atoms with van der Waals surface area (Å²) in [5.41, 5.74) is 1.02. The number of aliphatic hydroxyl groups is 1. The molecule has 1 aromatic rings. The van der Waals surface area contributed by atoms with E-state index in [0.29, 0.717) is 13.0 Å². The molecular formula is C10H16N2O2. The zero-order valence-electron chi connectivity index (χ0n) is 8.31. The molecule has 1 heterocycles. The SMILES string of the molecule is COCC(O)CCNc1ccncc1. The van der Waals surface area contributed by atoms with Gasteiger partial charge in [0, 0.05) is 31.7 Å². The van der Waals surface area contributed by atoms with Gasteiger partial charge in [-0.3, -0.25) is 4.98 Å². The van der Waals surface area contributed by atoms with E-state index >= 15 is 0 Å². The van der Waals surface area contributed by atoms with Crippen molar-refractivity contribution in [1.82, 2.24) is 4.98 Å². The molecule has 0 amide bonds. The topological polar surface area (TPSA) is 54.4 Å². The van der Waals surface area contributed by atoms with Gasteiger partial charge in [-0.2, -0.15) is 0 Å². The predicted octanol–water partition coefficient (Wildman–Crippen LogP) is 0.891. The number of ether oxygens (including phenoxy) is 1. The van der Waals surface area contributed by atoms with E-state index in [1.807, 2.05) is 12.1 Å². The first-order valence-electron chi connectivity index (χ1n) is 4.64. The fourth-order valence-electron chi connectivity index (χ4n) is 1.13. The molecule has 1 aromatic heterocycles. The average molecular weight is 196 g/mol. The number of nitrogens with one attached hydrogen (secondary N) is 1. The van der Waals surface area contributed by atoms with E-state index in [0.717, 1.165) is 12.2 Å². The maximum absolute atomic E-state index is 9.35. The molecule has 2 N–H and O–H groups in total.